The van der Waals surface area contributed by atoms with Gasteiger partial charge in [0.2, 0.25) is 5.91 Å². The van der Waals surface area contributed by atoms with E-state index < -0.39 is 5.41 Å². The van der Waals surface area contributed by atoms with Crippen LogP contribution < -0.4 is 11.1 Å². The number of amides is 1. The van der Waals surface area contributed by atoms with E-state index in [1.54, 1.807) is 0 Å². The lowest BCUT2D eigenvalue weighted by molar-refractivity contribution is -0.125. The number of nitrogens with one attached hydrogen (secondary N) is 1. The van der Waals surface area contributed by atoms with Crippen LogP contribution in [-0.4, -0.2) is 18.5 Å². The SMILES string of the molecule is CC(C)(C(=O)NCC(N)C1CC1)c1cccc(Cl)c1.Cl. The largest absolute Gasteiger partial charge is 0.354 e. The number of carbonyl (C=O) groups is 1. The van der Waals surface area contributed by atoms with Gasteiger partial charge in [0, 0.05) is 17.6 Å². The highest BCUT2D eigenvalue weighted by Gasteiger charge is 2.32. The van der Waals surface area contributed by atoms with Crippen molar-refractivity contribution in [3.8, 4) is 0 Å². The van der Waals surface area contributed by atoms with Gasteiger partial charge in [0.1, 0.15) is 0 Å². The maximum Gasteiger partial charge on any atom is 0.230 e. The highest BCUT2D eigenvalue weighted by molar-refractivity contribution is 6.30. The summed E-state index contributed by atoms with van der Waals surface area (Å²) in [7, 11) is 0. The van der Waals surface area contributed by atoms with Crippen molar-refractivity contribution in [3.05, 3.63) is 34.9 Å². The van der Waals surface area contributed by atoms with Gasteiger partial charge in [-0.15, -0.1) is 12.4 Å². The monoisotopic (exact) mass is 316 g/mol. The minimum Gasteiger partial charge on any atom is -0.354 e. The van der Waals surface area contributed by atoms with E-state index in [9.17, 15) is 4.79 Å². The third-order valence-electron chi connectivity index (χ3n) is 3.84. The van der Waals surface area contributed by atoms with Gasteiger partial charge in [0.05, 0.1) is 5.41 Å². The molecule has 1 saturated carbocycles. The Morgan fingerprint density at radius 3 is 2.70 bits per heavy atom. The molecule has 1 aliphatic rings. The minimum atomic E-state index is -0.603. The van der Waals surface area contributed by atoms with Crippen molar-refractivity contribution in [1.29, 1.82) is 0 Å². The zero-order chi connectivity index (χ0) is 14.0. The summed E-state index contributed by atoms with van der Waals surface area (Å²) >= 11 is 5.98. The van der Waals surface area contributed by atoms with E-state index in [-0.39, 0.29) is 24.4 Å². The first-order valence-corrected chi connectivity index (χ1v) is 7.09. The summed E-state index contributed by atoms with van der Waals surface area (Å²) in [4.78, 5) is 12.3. The molecule has 20 heavy (non-hydrogen) atoms. The topological polar surface area (TPSA) is 55.1 Å². The van der Waals surface area contributed by atoms with Crippen LogP contribution in [0, 0.1) is 5.92 Å². The second kappa shape index (κ2) is 6.79. The van der Waals surface area contributed by atoms with Gasteiger partial charge in [0.15, 0.2) is 0 Å². The summed E-state index contributed by atoms with van der Waals surface area (Å²) in [5, 5.41) is 3.60. The number of benzene rings is 1. The molecule has 0 aliphatic heterocycles. The van der Waals surface area contributed by atoms with Gasteiger partial charge in [-0.05, 0) is 50.3 Å². The third-order valence-corrected chi connectivity index (χ3v) is 4.07. The zero-order valence-electron chi connectivity index (χ0n) is 11.9. The highest BCUT2D eigenvalue weighted by atomic mass is 35.5. The molecule has 1 aromatic carbocycles. The van der Waals surface area contributed by atoms with Crippen molar-refractivity contribution in [2.75, 3.05) is 6.54 Å². The van der Waals surface area contributed by atoms with E-state index in [1.165, 1.54) is 12.8 Å². The fourth-order valence-electron chi connectivity index (χ4n) is 2.13. The van der Waals surface area contributed by atoms with Crippen LogP contribution in [0.1, 0.15) is 32.3 Å². The smallest absolute Gasteiger partial charge is 0.230 e. The van der Waals surface area contributed by atoms with Gasteiger partial charge in [-0.3, -0.25) is 4.79 Å². The van der Waals surface area contributed by atoms with Gasteiger partial charge < -0.3 is 11.1 Å². The summed E-state index contributed by atoms with van der Waals surface area (Å²) in [6, 6.07) is 7.51. The first kappa shape index (κ1) is 17.3. The van der Waals surface area contributed by atoms with Crippen LogP contribution in [0.4, 0.5) is 0 Å². The predicted octanol–water partition coefficient (Wildman–Crippen LogP) is 2.89. The summed E-state index contributed by atoms with van der Waals surface area (Å²) in [6.07, 6.45) is 2.38. The number of nitrogens with two attached hydrogens (primary N) is 1. The Bertz CT molecular complexity index is 473. The zero-order valence-corrected chi connectivity index (χ0v) is 13.4. The normalized spacial score (nSPS) is 16.2. The second-order valence-electron chi connectivity index (χ2n) is 5.85. The number of halogens is 2. The summed E-state index contributed by atoms with van der Waals surface area (Å²) in [5.41, 5.74) is 6.31. The molecular weight excluding hydrogens is 295 g/mol. The van der Waals surface area contributed by atoms with Crippen LogP contribution in [-0.2, 0) is 10.2 Å². The molecule has 0 spiro atoms. The number of hydrogen-bond acceptors (Lipinski definition) is 2. The Balaban J connectivity index is 0.00000200. The molecule has 3 N–H and O–H groups in total. The average Bonchev–Trinajstić information content (AvgIpc) is 3.19. The highest BCUT2D eigenvalue weighted by Crippen LogP contribution is 2.31. The van der Waals surface area contributed by atoms with Crippen molar-refractivity contribution >= 4 is 29.9 Å². The molecule has 0 saturated heterocycles. The Morgan fingerprint density at radius 2 is 2.15 bits per heavy atom. The van der Waals surface area contributed by atoms with Crippen molar-refractivity contribution < 1.29 is 4.79 Å². The Hall–Kier alpha value is -0.770. The summed E-state index contributed by atoms with van der Waals surface area (Å²) in [6.45, 7) is 4.35. The standard InChI is InChI=1S/C15H21ClN2O.ClH/c1-15(2,11-4-3-5-12(16)8-11)14(19)18-9-13(17)10-6-7-10;/h3-5,8,10,13H,6-7,9,17H2,1-2H3,(H,18,19);1H. The maximum absolute atomic E-state index is 12.3. The molecule has 1 amide bonds. The van der Waals surface area contributed by atoms with Gasteiger partial charge in [-0.25, -0.2) is 0 Å². The predicted molar refractivity (Wildman–Crippen MR) is 85.4 cm³/mol. The van der Waals surface area contributed by atoms with E-state index in [2.05, 4.69) is 5.32 Å². The molecule has 0 radical (unpaired) electrons. The van der Waals surface area contributed by atoms with Crippen LogP contribution in [0.5, 0.6) is 0 Å². The first-order chi connectivity index (χ1) is 8.91. The average molecular weight is 317 g/mol. The molecule has 0 bridgehead atoms. The van der Waals surface area contributed by atoms with Crippen LogP contribution >= 0.6 is 24.0 Å². The second-order valence-corrected chi connectivity index (χ2v) is 6.28. The Kier molecular flexibility index (Phi) is 5.87. The Morgan fingerprint density at radius 1 is 1.50 bits per heavy atom. The number of hydrogen-bond donors (Lipinski definition) is 2. The van der Waals surface area contributed by atoms with Gasteiger partial charge in [-0.1, -0.05) is 23.7 Å². The van der Waals surface area contributed by atoms with Gasteiger partial charge in [-0.2, -0.15) is 0 Å². The van der Waals surface area contributed by atoms with Gasteiger partial charge in [0.25, 0.3) is 0 Å². The lowest BCUT2D eigenvalue weighted by atomic mass is 9.83. The molecule has 1 aliphatic carbocycles. The fraction of sp³-hybridized carbons (Fsp3) is 0.533. The van der Waals surface area contributed by atoms with Crippen LogP contribution in [0.25, 0.3) is 0 Å². The van der Waals surface area contributed by atoms with E-state index in [4.69, 9.17) is 17.3 Å². The Labute approximate surface area is 131 Å². The molecule has 0 aromatic heterocycles. The molecule has 3 nitrogen and oxygen atoms in total. The third kappa shape index (κ3) is 4.11. The maximum atomic E-state index is 12.3. The summed E-state index contributed by atoms with van der Waals surface area (Å²) in [5.74, 6) is 0.584. The van der Waals surface area contributed by atoms with Crippen LogP contribution in [0.3, 0.4) is 0 Å². The van der Waals surface area contributed by atoms with Crippen molar-refractivity contribution in [2.45, 2.75) is 38.1 Å². The summed E-state index contributed by atoms with van der Waals surface area (Å²) < 4.78 is 0. The molecule has 112 valence electrons. The van der Waals surface area contributed by atoms with Gasteiger partial charge >= 0.3 is 0 Å². The molecule has 1 unspecified atom stereocenters. The molecule has 0 heterocycles. The molecule has 5 heteroatoms. The lowest BCUT2D eigenvalue weighted by Gasteiger charge is -2.25. The van der Waals surface area contributed by atoms with E-state index >= 15 is 0 Å². The molecule has 1 aromatic rings. The number of rotatable bonds is 5. The van der Waals surface area contributed by atoms with E-state index in [0.29, 0.717) is 17.5 Å². The van der Waals surface area contributed by atoms with Crippen LogP contribution in [0.15, 0.2) is 24.3 Å². The molecule has 1 fully saturated rings. The molecule has 2 rings (SSSR count). The van der Waals surface area contributed by atoms with E-state index in [1.807, 2.05) is 38.1 Å². The minimum absolute atomic E-state index is 0. The lowest BCUT2D eigenvalue weighted by Crippen LogP contribution is -2.45. The molecular formula is C15H22Cl2N2O. The quantitative estimate of drug-likeness (QED) is 0.877. The van der Waals surface area contributed by atoms with E-state index in [0.717, 1.165) is 5.56 Å². The first-order valence-electron chi connectivity index (χ1n) is 6.71. The van der Waals surface area contributed by atoms with Crippen molar-refractivity contribution in [2.24, 2.45) is 11.7 Å². The van der Waals surface area contributed by atoms with Crippen molar-refractivity contribution in [1.82, 2.24) is 5.32 Å². The number of carbonyl (C=O) groups excluding carboxylic acids is 1. The van der Waals surface area contributed by atoms with Crippen LogP contribution in [0.2, 0.25) is 5.02 Å². The fourth-order valence-corrected chi connectivity index (χ4v) is 2.32. The van der Waals surface area contributed by atoms with Crippen molar-refractivity contribution in [3.63, 3.8) is 0 Å². The molecule has 1 atom stereocenters.